The average molecular weight is 290 g/mol. The first-order valence-corrected chi connectivity index (χ1v) is 8.43. The Hall–Kier alpha value is -1.29. The first kappa shape index (κ1) is 14.6. The maximum absolute atomic E-state index is 12.3. The maximum Gasteiger partial charge on any atom is 0.287 e. The molecule has 1 N–H and O–H groups in total. The predicted octanol–water partition coefficient (Wildman–Crippen LogP) is 3.33. The lowest BCUT2D eigenvalue weighted by Gasteiger charge is -2.15. The Balaban J connectivity index is 1.53. The largest absolute Gasteiger partial charge is 0.455 e. The zero-order valence-corrected chi connectivity index (χ0v) is 12.8. The molecule has 2 aliphatic rings. The number of hydrogen-bond donors (Lipinski definition) is 1. The molecule has 0 aromatic carbocycles. The lowest BCUT2D eigenvalue weighted by Crippen LogP contribution is -2.34. The standard InChI is InChI=1S/C17H26N2O2/c20-17(18-14-7-3-1-2-4-8-14)16-10-9-15(21-16)13-19-11-5-6-12-19/h9-10,14H,1-8,11-13H2,(H,18,20). The molecule has 0 spiro atoms. The molecule has 4 nitrogen and oxygen atoms in total. The van der Waals surface area contributed by atoms with Crippen LogP contribution in [0.15, 0.2) is 16.5 Å². The van der Waals surface area contributed by atoms with E-state index in [0.29, 0.717) is 11.8 Å². The van der Waals surface area contributed by atoms with Gasteiger partial charge in [0.05, 0.1) is 6.54 Å². The Bertz CT molecular complexity index is 455. The molecule has 3 rings (SSSR count). The van der Waals surface area contributed by atoms with E-state index in [4.69, 9.17) is 4.42 Å². The molecule has 21 heavy (non-hydrogen) atoms. The third kappa shape index (κ3) is 4.10. The molecule has 1 aliphatic heterocycles. The first-order chi connectivity index (χ1) is 10.3. The Morgan fingerprint density at radius 2 is 1.81 bits per heavy atom. The van der Waals surface area contributed by atoms with Crippen LogP contribution in [0.25, 0.3) is 0 Å². The lowest BCUT2D eigenvalue weighted by molar-refractivity contribution is 0.0902. The summed E-state index contributed by atoms with van der Waals surface area (Å²) in [6.45, 7) is 3.12. The Morgan fingerprint density at radius 3 is 2.52 bits per heavy atom. The average Bonchev–Trinajstić information content (AvgIpc) is 3.09. The second kappa shape index (κ2) is 7.12. The minimum Gasteiger partial charge on any atom is -0.455 e. The van der Waals surface area contributed by atoms with E-state index < -0.39 is 0 Å². The molecule has 0 atom stereocenters. The molecule has 0 unspecified atom stereocenters. The SMILES string of the molecule is O=C(NC1CCCCCC1)c1ccc(CN2CCCC2)o1. The van der Waals surface area contributed by atoms with Crippen LogP contribution < -0.4 is 5.32 Å². The van der Waals surface area contributed by atoms with E-state index in [1.165, 1.54) is 38.5 Å². The molecule has 1 saturated carbocycles. The summed E-state index contributed by atoms with van der Waals surface area (Å²) in [5.41, 5.74) is 0. The van der Waals surface area contributed by atoms with Crippen LogP contribution in [-0.4, -0.2) is 29.9 Å². The number of amides is 1. The molecule has 1 saturated heterocycles. The molecule has 2 heterocycles. The second-order valence-corrected chi connectivity index (χ2v) is 6.41. The number of nitrogens with one attached hydrogen (secondary N) is 1. The van der Waals surface area contributed by atoms with E-state index in [-0.39, 0.29) is 5.91 Å². The molecule has 4 heteroatoms. The zero-order chi connectivity index (χ0) is 14.5. The van der Waals surface area contributed by atoms with Gasteiger partial charge in [0.25, 0.3) is 5.91 Å². The summed E-state index contributed by atoms with van der Waals surface area (Å²) < 4.78 is 5.73. The number of carbonyl (C=O) groups excluding carboxylic acids is 1. The van der Waals surface area contributed by atoms with Crippen LogP contribution in [0, 0.1) is 0 Å². The first-order valence-electron chi connectivity index (χ1n) is 8.43. The highest BCUT2D eigenvalue weighted by atomic mass is 16.4. The normalized spacial score (nSPS) is 21.3. The van der Waals surface area contributed by atoms with E-state index in [2.05, 4.69) is 10.2 Å². The van der Waals surface area contributed by atoms with Crippen molar-refractivity contribution in [1.82, 2.24) is 10.2 Å². The van der Waals surface area contributed by atoms with Crippen LogP contribution in [0.1, 0.15) is 67.7 Å². The van der Waals surface area contributed by atoms with Gasteiger partial charge < -0.3 is 9.73 Å². The van der Waals surface area contributed by atoms with Crippen molar-refractivity contribution in [3.63, 3.8) is 0 Å². The molecule has 0 bridgehead atoms. The van der Waals surface area contributed by atoms with Crippen molar-refractivity contribution in [2.45, 2.75) is 64.0 Å². The van der Waals surface area contributed by atoms with Crippen molar-refractivity contribution in [3.05, 3.63) is 23.7 Å². The van der Waals surface area contributed by atoms with Gasteiger partial charge in [-0.3, -0.25) is 9.69 Å². The number of likely N-dealkylation sites (tertiary alicyclic amines) is 1. The molecule has 116 valence electrons. The molecule has 1 aromatic rings. The smallest absolute Gasteiger partial charge is 0.287 e. The Labute approximate surface area is 126 Å². The summed E-state index contributed by atoms with van der Waals surface area (Å²) in [5, 5.41) is 3.14. The van der Waals surface area contributed by atoms with Gasteiger partial charge in [0.2, 0.25) is 0 Å². The molecule has 1 aromatic heterocycles. The number of furan rings is 1. The van der Waals surface area contributed by atoms with Gasteiger partial charge in [0, 0.05) is 6.04 Å². The van der Waals surface area contributed by atoms with Gasteiger partial charge in [0.1, 0.15) is 5.76 Å². The van der Waals surface area contributed by atoms with Crippen LogP contribution in [0.4, 0.5) is 0 Å². The fraction of sp³-hybridized carbons (Fsp3) is 0.706. The van der Waals surface area contributed by atoms with E-state index in [1.54, 1.807) is 0 Å². The monoisotopic (exact) mass is 290 g/mol. The van der Waals surface area contributed by atoms with Crippen molar-refractivity contribution in [2.24, 2.45) is 0 Å². The summed E-state index contributed by atoms with van der Waals surface area (Å²) in [6, 6.07) is 4.09. The van der Waals surface area contributed by atoms with Crippen LogP contribution in [-0.2, 0) is 6.54 Å². The van der Waals surface area contributed by atoms with E-state index in [9.17, 15) is 4.79 Å². The van der Waals surface area contributed by atoms with Gasteiger partial charge in [-0.25, -0.2) is 0 Å². The zero-order valence-electron chi connectivity index (χ0n) is 12.8. The van der Waals surface area contributed by atoms with Gasteiger partial charge in [0.15, 0.2) is 5.76 Å². The molecular weight excluding hydrogens is 264 g/mol. The van der Waals surface area contributed by atoms with Gasteiger partial charge in [-0.1, -0.05) is 25.7 Å². The summed E-state index contributed by atoms with van der Waals surface area (Å²) in [5.74, 6) is 1.32. The minimum atomic E-state index is -0.0467. The Morgan fingerprint density at radius 1 is 1.10 bits per heavy atom. The second-order valence-electron chi connectivity index (χ2n) is 6.41. The minimum absolute atomic E-state index is 0.0467. The number of carbonyl (C=O) groups is 1. The van der Waals surface area contributed by atoms with Crippen LogP contribution in [0.2, 0.25) is 0 Å². The summed E-state index contributed by atoms with van der Waals surface area (Å²) in [4.78, 5) is 14.6. The lowest BCUT2D eigenvalue weighted by atomic mass is 10.1. The topological polar surface area (TPSA) is 45.5 Å². The van der Waals surface area contributed by atoms with Crippen LogP contribution >= 0.6 is 0 Å². The van der Waals surface area contributed by atoms with E-state index in [1.807, 2.05) is 12.1 Å². The fourth-order valence-corrected chi connectivity index (χ4v) is 3.43. The van der Waals surface area contributed by atoms with Crippen molar-refractivity contribution < 1.29 is 9.21 Å². The molecule has 2 fully saturated rings. The molecular formula is C17H26N2O2. The fourth-order valence-electron chi connectivity index (χ4n) is 3.43. The molecule has 0 radical (unpaired) electrons. The summed E-state index contributed by atoms with van der Waals surface area (Å²) >= 11 is 0. The van der Waals surface area contributed by atoms with Crippen molar-refractivity contribution in [2.75, 3.05) is 13.1 Å². The number of nitrogens with zero attached hydrogens (tertiary/aromatic N) is 1. The van der Waals surface area contributed by atoms with Crippen molar-refractivity contribution in [3.8, 4) is 0 Å². The summed E-state index contributed by atoms with van der Waals surface area (Å²) in [6.07, 6.45) is 9.80. The highest BCUT2D eigenvalue weighted by Crippen LogP contribution is 2.19. The van der Waals surface area contributed by atoms with E-state index >= 15 is 0 Å². The van der Waals surface area contributed by atoms with Gasteiger partial charge in [-0.05, 0) is 50.9 Å². The maximum atomic E-state index is 12.3. The predicted molar refractivity (Wildman–Crippen MR) is 82.2 cm³/mol. The highest BCUT2D eigenvalue weighted by molar-refractivity contribution is 5.91. The third-order valence-electron chi connectivity index (χ3n) is 4.65. The van der Waals surface area contributed by atoms with Crippen molar-refractivity contribution in [1.29, 1.82) is 0 Å². The number of rotatable bonds is 4. The van der Waals surface area contributed by atoms with Crippen LogP contribution in [0.5, 0.6) is 0 Å². The van der Waals surface area contributed by atoms with Gasteiger partial charge in [-0.2, -0.15) is 0 Å². The molecule has 1 amide bonds. The third-order valence-corrected chi connectivity index (χ3v) is 4.65. The van der Waals surface area contributed by atoms with Crippen LogP contribution in [0.3, 0.4) is 0 Å². The summed E-state index contributed by atoms with van der Waals surface area (Å²) in [7, 11) is 0. The quantitative estimate of drug-likeness (QED) is 0.865. The van der Waals surface area contributed by atoms with Gasteiger partial charge in [-0.15, -0.1) is 0 Å². The van der Waals surface area contributed by atoms with Crippen molar-refractivity contribution >= 4 is 5.91 Å². The highest BCUT2D eigenvalue weighted by Gasteiger charge is 2.19. The van der Waals surface area contributed by atoms with Gasteiger partial charge >= 0.3 is 0 Å². The molecule has 1 aliphatic carbocycles. The number of hydrogen-bond acceptors (Lipinski definition) is 3. The Kier molecular flexibility index (Phi) is 4.96. The van der Waals surface area contributed by atoms with E-state index in [0.717, 1.165) is 38.2 Å².